The first-order valence-corrected chi connectivity index (χ1v) is 5.51. The van der Waals surface area contributed by atoms with Crippen molar-refractivity contribution in [3.05, 3.63) is 0 Å². The summed E-state index contributed by atoms with van der Waals surface area (Å²) in [5.74, 6) is 3.49. The minimum absolute atomic E-state index is 0.269. The van der Waals surface area contributed by atoms with Crippen LogP contribution in [0.15, 0.2) is 0 Å². The minimum Gasteiger partial charge on any atom is -0.317 e. The number of hydrogen-bond donors (Lipinski definition) is 1. The lowest BCUT2D eigenvalue weighted by molar-refractivity contribution is 0.0734. The van der Waals surface area contributed by atoms with Gasteiger partial charge in [-0.3, -0.25) is 4.90 Å². The topological polar surface area (TPSA) is 15.3 Å². The molecule has 80 valence electrons. The number of rotatable bonds is 2. The molecule has 1 rings (SSSR count). The summed E-state index contributed by atoms with van der Waals surface area (Å²) in [5, 5.41) is 3.38. The Bertz CT molecular complexity index is 219. The molecule has 0 saturated carbocycles. The molecule has 0 spiro atoms. The van der Waals surface area contributed by atoms with Crippen LogP contribution in [0.2, 0.25) is 0 Å². The van der Waals surface area contributed by atoms with E-state index in [0.717, 1.165) is 6.54 Å². The van der Waals surface area contributed by atoms with Gasteiger partial charge in [0, 0.05) is 18.6 Å². The van der Waals surface area contributed by atoms with E-state index >= 15 is 0 Å². The molecular weight excluding hydrogens is 172 g/mol. The number of piperidine rings is 1. The fourth-order valence-electron chi connectivity index (χ4n) is 2.44. The van der Waals surface area contributed by atoms with Crippen molar-refractivity contribution in [1.82, 2.24) is 10.2 Å². The van der Waals surface area contributed by atoms with E-state index in [0.29, 0.717) is 18.0 Å². The van der Waals surface area contributed by atoms with Crippen LogP contribution < -0.4 is 5.32 Å². The summed E-state index contributed by atoms with van der Waals surface area (Å²) in [7, 11) is 2.05. The quantitative estimate of drug-likeness (QED) is 0.667. The molecule has 0 amide bonds. The molecule has 1 aliphatic rings. The van der Waals surface area contributed by atoms with Gasteiger partial charge in [-0.25, -0.2) is 0 Å². The molecule has 2 heteroatoms. The Balaban J connectivity index is 2.65. The number of nitrogens with one attached hydrogen (secondary N) is 1. The second-order valence-corrected chi connectivity index (χ2v) is 4.36. The molecular formula is C12H22N2. The summed E-state index contributed by atoms with van der Waals surface area (Å²) >= 11 is 0. The Morgan fingerprint density at radius 2 is 2.14 bits per heavy atom. The summed E-state index contributed by atoms with van der Waals surface area (Å²) in [6, 6.07) is 1.49. The van der Waals surface area contributed by atoms with E-state index in [4.69, 9.17) is 6.42 Å². The van der Waals surface area contributed by atoms with Gasteiger partial charge in [0.2, 0.25) is 0 Å². The second kappa shape index (κ2) is 4.82. The van der Waals surface area contributed by atoms with Crippen LogP contribution in [0.5, 0.6) is 0 Å². The van der Waals surface area contributed by atoms with E-state index in [2.05, 4.69) is 36.9 Å². The first-order valence-electron chi connectivity index (χ1n) is 5.51. The van der Waals surface area contributed by atoms with Crippen LogP contribution in [0.3, 0.4) is 0 Å². The van der Waals surface area contributed by atoms with Crippen molar-refractivity contribution in [2.24, 2.45) is 5.92 Å². The van der Waals surface area contributed by atoms with Crippen LogP contribution in [-0.2, 0) is 0 Å². The molecule has 1 heterocycles. The van der Waals surface area contributed by atoms with Crippen LogP contribution in [0.25, 0.3) is 0 Å². The van der Waals surface area contributed by atoms with Crippen LogP contribution in [0, 0.1) is 18.3 Å². The number of terminal acetylenes is 1. The second-order valence-electron chi connectivity index (χ2n) is 4.36. The average Bonchev–Trinajstić information content (AvgIpc) is 2.21. The van der Waals surface area contributed by atoms with Crippen molar-refractivity contribution in [1.29, 1.82) is 0 Å². The van der Waals surface area contributed by atoms with E-state index in [-0.39, 0.29) is 6.04 Å². The predicted octanol–water partition coefficient (Wildman–Crippen LogP) is 1.33. The van der Waals surface area contributed by atoms with Gasteiger partial charge < -0.3 is 5.32 Å². The standard InChI is InChI=1S/C12H22N2/c1-6-9(2)14-8-7-12(13-5)10(3)11(14)4/h1,9-13H,7-8H2,2-5H3. The maximum atomic E-state index is 5.47. The van der Waals surface area contributed by atoms with Crippen molar-refractivity contribution in [2.75, 3.05) is 13.6 Å². The molecule has 0 radical (unpaired) electrons. The smallest absolute Gasteiger partial charge is 0.0685 e. The molecule has 14 heavy (non-hydrogen) atoms. The van der Waals surface area contributed by atoms with E-state index < -0.39 is 0 Å². The van der Waals surface area contributed by atoms with Crippen LogP contribution in [0.4, 0.5) is 0 Å². The molecule has 0 aliphatic carbocycles. The van der Waals surface area contributed by atoms with E-state index in [1.165, 1.54) is 6.42 Å². The molecule has 0 bridgehead atoms. The Hall–Kier alpha value is -0.520. The summed E-state index contributed by atoms with van der Waals surface area (Å²) in [5.41, 5.74) is 0. The van der Waals surface area contributed by atoms with Gasteiger partial charge in [0.1, 0.15) is 0 Å². The lowest BCUT2D eigenvalue weighted by atomic mass is 9.86. The molecule has 4 unspecified atom stereocenters. The van der Waals surface area contributed by atoms with E-state index in [1.807, 2.05) is 7.05 Å². The highest BCUT2D eigenvalue weighted by molar-refractivity contribution is 5.01. The van der Waals surface area contributed by atoms with Gasteiger partial charge in [-0.15, -0.1) is 6.42 Å². The van der Waals surface area contributed by atoms with Gasteiger partial charge in [-0.1, -0.05) is 12.8 Å². The van der Waals surface area contributed by atoms with Crippen molar-refractivity contribution in [3.8, 4) is 12.3 Å². The lowest BCUT2D eigenvalue weighted by Gasteiger charge is -2.44. The predicted molar refractivity (Wildman–Crippen MR) is 61.1 cm³/mol. The van der Waals surface area contributed by atoms with Crippen molar-refractivity contribution >= 4 is 0 Å². The summed E-state index contributed by atoms with van der Waals surface area (Å²) in [6.45, 7) is 7.81. The monoisotopic (exact) mass is 194 g/mol. The number of nitrogens with zero attached hydrogens (tertiary/aromatic N) is 1. The van der Waals surface area contributed by atoms with Gasteiger partial charge >= 0.3 is 0 Å². The number of hydrogen-bond acceptors (Lipinski definition) is 2. The molecule has 1 N–H and O–H groups in total. The molecule has 1 fully saturated rings. The summed E-state index contributed by atoms with van der Waals surface area (Å²) < 4.78 is 0. The van der Waals surface area contributed by atoms with Gasteiger partial charge in [0.15, 0.2) is 0 Å². The first kappa shape index (κ1) is 11.6. The van der Waals surface area contributed by atoms with Crippen LogP contribution in [-0.4, -0.2) is 36.6 Å². The highest BCUT2D eigenvalue weighted by Crippen LogP contribution is 2.24. The zero-order chi connectivity index (χ0) is 10.7. The van der Waals surface area contributed by atoms with Gasteiger partial charge in [0.05, 0.1) is 6.04 Å². The van der Waals surface area contributed by atoms with Crippen molar-refractivity contribution in [3.63, 3.8) is 0 Å². The van der Waals surface area contributed by atoms with E-state index in [9.17, 15) is 0 Å². The highest BCUT2D eigenvalue weighted by atomic mass is 15.2. The van der Waals surface area contributed by atoms with Crippen molar-refractivity contribution < 1.29 is 0 Å². The fourth-order valence-corrected chi connectivity index (χ4v) is 2.44. The van der Waals surface area contributed by atoms with Crippen LogP contribution in [0.1, 0.15) is 27.2 Å². The van der Waals surface area contributed by atoms with Gasteiger partial charge in [0.25, 0.3) is 0 Å². The molecule has 1 aliphatic heterocycles. The first-order chi connectivity index (χ1) is 6.61. The van der Waals surface area contributed by atoms with E-state index in [1.54, 1.807) is 0 Å². The zero-order valence-corrected chi connectivity index (χ0v) is 9.75. The Kier molecular flexibility index (Phi) is 3.97. The van der Waals surface area contributed by atoms with Crippen molar-refractivity contribution in [2.45, 2.75) is 45.3 Å². The largest absolute Gasteiger partial charge is 0.317 e. The van der Waals surface area contributed by atoms with Gasteiger partial charge in [-0.2, -0.15) is 0 Å². The number of likely N-dealkylation sites (tertiary alicyclic amines) is 1. The normalized spacial score (nSPS) is 36.4. The Morgan fingerprint density at radius 1 is 1.50 bits per heavy atom. The third kappa shape index (κ3) is 2.10. The molecule has 4 atom stereocenters. The third-order valence-electron chi connectivity index (χ3n) is 3.73. The molecule has 1 saturated heterocycles. The summed E-state index contributed by atoms with van der Waals surface area (Å²) in [4.78, 5) is 2.43. The molecule has 2 nitrogen and oxygen atoms in total. The third-order valence-corrected chi connectivity index (χ3v) is 3.73. The average molecular weight is 194 g/mol. The molecule has 0 aromatic heterocycles. The molecule has 0 aromatic rings. The maximum Gasteiger partial charge on any atom is 0.0685 e. The highest BCUT2D eigenvalue weighted by Gasteiger charge is 2.33. The zero-order valence-electron chi connectivity index (χ0n) is 9.75. The minimum atomic E-state index is 0.269. The SMILES string of the molecule is C#CC(C)N1CCC(NC)C(C)C1C. The fraction of sp³-hybridized carbons (Fsp3) is 0.833. The van der Waals surface area contributed by atoms with Gasteiger partial charge in [-0.05, 0) is 33.2 Å². The summed E-state index contributed by atoms with van der Waals surface area (Å²) in [6.07, 6.45) is 6.67. The Labute approximate surface area is 88.1 Å². The van der Waals surface area contributed by atoms with Crippen LogP contribution >= 0.6 is 0 Å². The maximum absolute atomic E-state index is 5.47. The molecule has 0 aromatic carbocycles. The Morgan fingerprint density at radius 3 is 2.64 bits per heavy atom. The lowest BCUT2D eigenvalue weighted by Crippen LogP contribution is -2.54.